The van der Waals surface area contributed by atoms with Crippen molar-refractivity contribution >= 4 is 21.6 Å². The summed E-state index contributed by atoms with van der Waals surface area (Å²) in [6.45, 7) is 0.418. The lowest BCUT2D eigenvalue weighted by atomic mass is 10.1. The van der Waals surface area contributed by atoms with Crippen LogP contribution < -0.4 is 0 Å². The zero-order chi connectivity index (χ0) is 14.5. The van der Waals surface area contributed by atoms with E-state index in [-0.39, 0.29) is 12.5 Å². The molecule has 0 saturated carbocycles. The van der Waals surface area contributed by atoms with Crippen molar-refractivity contribution < 1.29 is 21.6 Å². The van der Waals surface area contributed by atoms with E-state index in [2.05, 4.69) is 0 Å². The van der Waals surface area contributed by atoms with Crippen LogP contribution in [0.4, 0.5) is 13.2 Å². The molecule has 1 saturated heterocycles. The number of hydrogen-bond donors (Lipinski definition) is 0. The third-order valence-corrected chi connectivity index (χ3v) is 5.48. The molecule has 1 aliphatic rings. The number of sulfonamides is 1. The first-order valence-electron chi connectivity index (χ1n) is 6.38. The van der Waals surface area contributed by atoms with Crippen molar-refractivity contribution in [3.05, 3.63) is 0 Å². The van der Waals surface area contributed by atoms with Crippen molar-refractivity contribution in [1.29, 1.82) is 0 Å². The summed E-state index contributed by atoms with van der Waals surface area (Å²) in [7, 11) is -3.57. The molecule has 0 aliphatic carbocycles. The molecule has 19 heavy (non-hydrogen) atoms. The smallest absolute Gasteiger partial charge is 0.212 e. The van der Waals surface area contributed by atoms with Crippen molar-refractivity contribution in [2.24, 2.45) is 0 Å². The van der Waals surface area contributed by atoms with Crippen molar-refractivity contribution in [3.63, 3.8) is 0 Å². The molecular weight excluding hydrogens is 303 g/mol. The fraction of sp³-hybridized carbons (Fsp3) is 1.00. The molecule has 1 unspecified atom stereocenters. The topological polar surface area (TPSA) is 37.4 Å². The summed E-state index contributed by atoms with van der Waals surface area (Å²) >= 11 is 5.58. The monoisotopic (exact) mass is 321 g/mol. The maximum absolute atomic E-state index is 12.0. The number of halogens is 4. The Labute approximate surface area is 117 Å². The fourth-order valence-corrected chi connectivity index (χ4v) is 4.32. The molecule has 0 radical (unpaired) electrons. The number of alkyl halides is 4. The summed E-state index contributed by atoms with van der Waals surface area (Å²) in [5, 5.41) is 0. The SMILES string of the molecule is O=S(=O)(CCCC(F)(F)F)N1CCCC1CCCCl. The Balaban J connectivity index is 2.51. The van der Waals surface area contributed by atoms with Crippen LogP contribution in [-0.2, 0) is 10.0 Å². The summed E-state index contributed by atoms with van der Waals surface area (Å²) in [5.41, 5.74) is 0. The normalized spacial score (nSPS) is 22.0. The molecule has 1 atom stereocenters. The molecule has 0 aromatic rings. The first-order valence-corrected chi connectivity index (χ1v) is 8.53. The highest BCUT2D eigenvalue weighted by molar-refractivity contribution is 7.89. The zero-order valence-corrected chi connectivity index (χ0v) is 12.2. The van der Waals surface area contributed by atoms with Gasteiger partial charge in [0.05, 0.1) is 5.75 Å². The molecule has 0 amide bonds. The Bertz CT molecular complexity index is 373. The van der Waals surface area contributed by atoms with Crippen LogP contribution in [0.3, 0.4) is 0 Å². The highest BCUT2D eigenvalue weighted by Gasteiger charge is 2.34. The van der Waals surface area contributed by atoms with E-state index in [1.807, 2.05) is 0 Å². The van der Waals surface area contributed by atoms with Crippen LogP contribution in [0.1, 0.15) is 38.5 Å². The minimum Gasteiger partial charge on any atom is -0.212 e. The van der Waals surface area contributed by atoms with Gasteiger partial charge in [-0.3, -0.25) is 0 Å². The van der Waals surface area contributed by atoms with Gasteiger partial charge in [-0.05, 0) is 32.1 Å². The Morgan fingerprint density at radius 2 is 1.95 bits per heavy atom. The molecule has 0 spiro atoms. The van der Waals surface area contributed by atoms with Gasteiger partial charge in [0.1, 0.15) is 0 Å². The highest BCUT2D eigenvalue weighted by Crippen LogP contribution is 2.27. The van der Waals surface area contributed by atoms with Gasteiger partial charge in [0, 0.05) is 24.9 Å². The van der Waals surface area contributed by atoms with Crippen LogP contribution in [0, 0.1) is 0 Å². The summed E-state index contributed by atoms with van der Waals surface area (Å²) in [6.07, 6.45) is -2.76. The Kier molecular flexibility index (Phi) is 6.39. The molecule has 1 aliphatic heterocycles. The van der Waals surface area contributed by atoms with Gasteiger partial charge in [-0.25, -0.2) is 8.42 Å². The number of rotatable bonds is 7. The van der Waals surface area contributed by atoms with Gasteiger partial charge >= 0.3 is 6.18 Å². The third-order valence-electron chi connectivity index (χ3n) is 3.21. The summed E-state index contributed by atoms with van der Waals surface area (Å²) < 4.78 is 61.5. The standard InChI is InChI=1S/C11H19ClF3NO2S/c12-7-1-4-10-5-2-8-16(10)19(17,18)9-3-6-11(13,14)15/h10H,1-9H2. The van der Waals surface area contributed by atoms with Crippen LogP contribution in [-0.4, -0.2) is 43.1 Å². The lowest BCUT2D eigenvalue weighted by molar-refractivity contribution is -0.134. The fourth-order valence-electron chi connectivity index (χ4n) is 2.35. The second-order valence-corrected chi connectivity index (χ2v) is 7.19. The largest absolute Gasteiger partial charge is 0.389 e. The molecule has 1 heterocycles. The quantitative estimate of drug-likeness (QED) is 0.676. The molecule has 114 valence electrons. The predicted octanol–water partition coefficient (Wildman–Crippen LogP) is 3.14. The Morgan fingerprint density at radius 3 is 2.53 bits per heavy atom. The van der Waals surface area contributed by atoms with E-state index >= 15 is 0 Å². The van der Waals surface area contributed by atoms with E-state index < -0.39 is 28.4 Å². The van der Waals surface area contributed by atoms with Crippen molar-refractivity contribution in [3.8, 4) is 0 Å². The first kappa shape index (κ1) is 17.0. The van der Waals surface area contributed by atoms with E-state index in [9.17, 15) is 21.6 Å². The van der Waals surface area contributed by atoms with Gasteiger partial charge in [-0.2, -0.15) is 17.5 Å². The van der Waals surface area contributed by atoms with Gasteiger partial charge < -0.3 is 0 Å². The van der Waals surface area contributed by atoms with Gasteiger partial charge in [-0.15, -0.1) is 11.6 Å². The van der Waals surface area contributed by atoms with Crippen LogP contribution in [0.2, 0.25) is 0 Å². The predicted molar refractivity (Wildman–Crippen MR) is 68.8 cm³/mol. The molecule has 0 N–H and O–H groups in total. The van der Waals surface area contributed by atoms with Crippen LogP contribution >= 0.6 is 11.6 Å². The third kappa shape index (κ3) is 5.87. The molecule has 0 bridgehead atoms. The molecular formula is C11H19ClF3NO2S. The average Bonchev–Trinajstić information content (AvgIpc) is 2.72. The molecule has 3 nitrogen and oxygen atoms in total. The molecule has 8 heteroatoms. The Morgan fingerprint density at radius 1 is 1.26 bits per heavy atom. The lowest BCUT2D eigenvalue weighted by Crippen LogP contribution is -2.37. The van der Waals surface area contributed by atoms with Gasteiger partial charge in [-0.1, -0.05) is 0 Å². The van der Waals surface area contributed by atoms with Gasteiger partial charge in [0.2, 0.25) is 10.0 Å². The highest BCUT2D eigenvalue weighted by atomic mass is 35.5. The summed E-state index contributed by atoms with van der Waals surface area (Å²) in [6, 6.07) is -0.0883. The summed E-state index contributed by atoms with van der Waals surface area (Å²) in [4.78, 5) is 0. The second kappa shape index (κ2) is 7.13. The molecule has 0 aromatic carbocycles. The molecule has 1 fully saturated rings. The van der Waals surface area contributed by atoms with Crippen molar-refractivity contribution in [2.45, 2.75) is 50.7 Å². The van der Waals surface area contributed by atoms with E-state index in [4.69, 9.17) is 11.6 Å². The lowest BCUT2D eigenvalue weighted by Gasteiger charge is -2.24. The minimum atomic E-state index is -4.29. The second-order valence-electron chi connectivity index (χ2n) is 4.77. The summed E-state index contributed by atoms with van der Waals surface area (Å²) in [5.74, 6) is 0.0440. The van der Waals surface area contributed by atoms with E-state index in [0.717, 1.165) is 19.3 Å². The minimum absolute atomic E-state index is 0.0883. The first-order chi connectivity index (χ1) is 8.76. The zero-order valence-electron chi connectivity index (χ0n) is 10.6. The van der Waals surface area contributed by atoms with Crippen LogP contribution in [0.5, 0.6) is 0 Å². The number of hydrogen-bond acceptors (Lipinski definition) is 2. The van der Waals surface area contributed by atoms with Gasteiger partial charge in [0.25, 0.3) is 0 Å². The van der Waals surface area contributed by atoms with E-state index in [1.54, 1.807) is 0 Å². The van der Waals surface area contributed by atoms with Crippen molar-refractivity contribution in [2.75, 3.05) is 18.2 Å². The van der Waals surface area contributed by atoms with Crippen LogP contribution in [0.25, 0.3) is 0 Å². The van der Waals surface area contributed by atoms with Crippen LogP contribution in [0.15, 0.2) is 0 Å². The maximum atomic E-state index is 12.0. The van der Waals surface area contributed by atoms with Gasteiger partial charge in [0.15, 0.2) is 0 Å². The Hall–Kier alpha value is -0.0100. The average molecular weight is 322 g/mol. The molecule has 0 aromatic heterocycles. The number of nitrogens with zero attached hydrogens (tertiary/aromatic N) is 1. The molecule has 1 rings (SSSR count). The van der Waals surface area contributed by atoms with E-state index in [0.29, 0.717) is 18.8 Å². The maximum Gasteiger partial charge on any atom is 0.389 e. The van der Waals surface area contributed by atoms with E-state index in [1.165, 1.54) is 4.31 Å². The van der Waals surface area contributed by atoms with Crippen molar-refractivity contribution in [1.82, 2.24) is 4.31 Å².